The van der Waals surface area contributed by atoms with Crippen molar-refractivity contribution in [3.63, 3.8) is 0 Å². The van der Waals surface area contributed by atoms with Crippen molar-refractivity contribution in [1.82, 2.24) is 4.90 Å². The van der Waals surface area contributed by atoms with Crippen LogP contribution in [0.5, 0.6) is 5.75 Å². The number of amides is 1. The molecule has 0 radical (unpaired) electrons. The van der Waals surface area contributed by atoms with E-state index in [1.165, 1.54) is 0 Å². The summed E-state index contributed by atoms with van der Waals surface area (Å²) in [6, 6.07) is 8.35. The Labute approximate surface area is 236 Å². The molecular weight excluding hydrogens is 518 g/mol. The predicted octanol–water partition coefficient (Wildman–Crippen LogP) is 2.35. The van der Waals surface area contributed by atoms with Gasteiger partial charge in [0.05, 0.1) is 4.11 Å². The fourth-order valence-corrected chi connectivity index (χ4v) is 7.08. The minimum atomic E-state index is -1.92. The largest absolute Gasteiger partial charge is 0.479 e. The van der Waals surface area contributed by atoms with Gasteiger partial charge in [0.1, 0.15) is 30.7 Å². The zero-order chi connectivity index (χ0) is 30.6. The van der Waals surface area contributed by atoms with Crippen LogP contribution in [0.25, 0.3) is 0 Å². The summed E-state index contributed by atoms with van der Waals surface area (Å²) >= 11 is 0. The Bertz CT molecular complexity index is 1410. The highest BCUT2D eigenvalue weighted by molar-refractivity contribution is 5.73. The number of carbonyl (C=O) groups excluding carboxylic acids is 1. The van der Waals surface area contributed by atoms with Gasteiger partial charge in [0, 0.05) is 18.0 Å². The molecule has 2 aromatic rings. The molecule has 4 aliphatic rings. The van der Waals surface area contributed by atoms with Gasteiger partial charge in [0.25, 0.3) is 0 Å². The third-order valence-corrected chi connectivity index (χ3v) is 9.03. The highest BCUT2D eigenvalue weighted by atomic mass is 16.7. The molecule has 214 valence electrons. The van der Waals surface area contributed by atoms with Crippen LogP contribution in [0.3, 0.4) is 0 Å². The lowest BCUT2D eigenvalue weighted by Crippen LogP contribution is -2.62. The van der Waals surface area contributed by atoms with E-state index in [1.54, 1.807) is 4.90 Å². The molecule has 0 aromatic heterocycles. The topological polar surface area (TPSA) is 146 Å². The van der Waals surface area contributed by atoms with Crippen molar-refractivity contribution in [1.29, 1.82) is 0 Å². The average Bonchev–Trinajstić information content (AvgIpc) is 3.00. The van der Waals surface area contributed by atoms with Gasteiger partial charge in [-0.25, -0.2) is 9.59 Å². The maximum absolute atomic E-state index is 13.3. The van der Waals surface area contributed by atoms with Crippen LogP contribution in [0, 0.1) is 5.92 Å². The molecule has 2 heterocycles. The van der Waals surface area contributed by atoms with Gasteiger partial charge in [0.15, 0.2) is 6.10 Å². The van der Waals surface area contributed by atoms with Crippen molar-refractivity contribution in [2.24, 2.45) is 5.92 Å². The number of fused-ring (bicyclic) bond motifs is 1. The monoisotopic (exact) mass is 556 g/mol. The van der Waals surface area contributed by atoms with Crippen LogP contribution in [-0.4, -0.2) is 80.7 Å². The summed E-state index contributed by atoms with van der Waals surface area (Å²) in [5.41, 5.74) is 1.41. The molecule has 1 amide bonds. The molecule has 3 fully saturated rings. The second-order valence-corrected chi connectivity index (χ2v) is 11.2. The molecule has 6 unspecified atom stereocenters. The lowest BCUT2D eigenvalue weighted by atomic mass is 9.52. The van der Waals surface area contributed by atoms with Crippen molar-refractivity contribution in [3.05, 3.63) is 65.1 Å². The van der Waals surface area contributed by atoms with Gasteiger partial charge >= 0.3 is 12.1 Å². The van der Waals surface area contributed by atoms with Crippen LogP contribution in [0.15, 0.2) is 48.5 Å². The van der Waals surface area contributed by atoms with Gasteiger partial charge in [-0.15, -0.1) is 0 Å². The van der Waals surface area contributed by atoms with Gasteiger partial charge in [-0.05, 0) is 60.4 Å². The molecule has 6 rings (SSSR count). The third kappa shape index (κ3) is 4.62. The highest BCUT2D eigenvalue weighted by Gasteiger charge is 2.55. The minimum absolute atomic E-state index is 0.00964. The van der Waals surface area contributed by atoms with Crippen molar-refractivity contribution in [2.75, 3.05) is 6.54 Å². The number of benzene rings is 2. The number of likely N-dealkylation sites (tertiary alicyclic amines) is 1. The number of rotatable bonds is 5. The summed E-state index contributed by atoms with van der Waals surface area (Å²) in [4.78, 5) is 26.7. The van der Waals surface area contributed by atoms with E-state index in [1.807, 2.05) is 30.3 Å². The molecule has 4 N–H and O–H groups in total. The fourth-order valence-electron chi connectivity index (χ4n) is 7.08. The number of aliphatic carboxylic acids is 1. The standard InChI is InChI=1S/C30H35NO9/c32-23-24(33)26(27(35)36)40-28(25(23)34)39-19-10-9-18-14-22-20-8-4-5-11-30(20,21(18)15-19)12-13-31(22)29(37)38-16-17-6-2-1-3-7-17/h1-3,6-7,9-10,15,20,22-26,28,32-34H,4-5,8,11-14,16H2,(H,35,36)/t20?,22?,23?,24-,25?,26?,28+,30?/m0/s1/i9D,10D,15D. The zero-order valence-electron chi connectivity index (χ0n) is 24.9. The van der Waals surface area contributed by atoms with Crippen molar-refractivity contribution in [2.45, 2.75) is 87.3 Å². The second-order valence-electron chi connectivity index (χ2n) is 11.2. The number of carbonyl (C=O) groups is 2. The number of ether oxygens (including phenoxy) is 3. The van der Waals surface area contributed by atoms with Gasteiger partial charge in [-0.1, -0.05) is 49.2 Å². The molecule has 40 heavy (non-hydrogen) atoms. The first kappa shape index (κ1) is 23.5. The Hall–Kier alpha value is -3.18. The molecule has 0 spiro atoms. The maximum Gasteiger partial charge on any atom is 0.410 e. The smallest absolute Gasteiger partial charge is 0.410 e. The van der Waals surface area contributed by atoms with Crippen molar-refractivity contribution < 1.29 is 48.3 Å². The quantitative estimate of drug-likeness (QED) is 0.436. The van der Waals surface area contributed by atoms with Gasteiger partial charge in [0.2, 0.25) is 6.29 Å². The van der Waals surface area contributed by atoms with Crippen LogP contribution in [-0.2, 0) is 32.7 Å². The molecule has 2 bridgehead atoms. The number of carboxylic acid groups (broad SMARTS) is 1. The van der Waals surface area contributed by atoms with Crippen LogP contribution >= 0.6 is 0 Å². The molecule has 2 aromatic carbocycles. The summed E-state index contributed by atoms with van der Waals surface area (Å²) < 4.78 is 43.5. The van der Waals surface area contributed by atoms with E-state index in [9.17, 15) is 31.4 Å². The Morgan fingerprint density at radius 1 is 1.07 bits per heavy atom. The molecule has 1 saturated carbocycles. The number of aliphatic hydroxyl groups excluding tert-OH is 3. The Morgan fingerprint density at radius 3 is 2.65 bits per heavy atom. The third-order valence-electron chi connectivity index (χ3n) is 9.03. The minimum Gasteiger partial charge on any atom is -0.479 e. The number of aliphatic hydroxyl groups is 3. The first-order valence-electron chi connectivity index (χ1n) is 15.2. The summed E-state index contributed by atoms with van der Waals surface area (Å²) in [7, 11) is 0. The second kappa shape index (κ2) is 10.7. The van der Waals surface area contributed by atoms with E-state index in [4.69, 9.17) is 17.0 Å². The predicted molar refractivity (Wildman–Crippen MR) is 140 cm³/mol. The van der Waals surface area contributed by atoms with Gasteiger partial charge in [-0.2, -0.15) is 0 Å². The number of hydrogen-bond donors (Lipinski definition) is 4. The van der Waals surface area contributed by atoms with Crippen molar-refractivity contribution >= 4 is 12.1 Å². The molecule has 10 heteroatoms. The number of carboxylic acids is 1. The van der Waals surface area contributed by atoms with Gasteiger partial charge in [-0.3, -0.25) is 0 Å². The lowest BCUT2D eigenvalue weighted by Gasteiger charge is -2.58. The maximum atomic E-state index is 13.3. The Kier molecular flexibility index (Phi) is 6.27. The molecule has 2 aliphatic carbocycles. The van der Waals surface area contributed by atoms with E-state index in [2.05, 4.69) is 0 Å². The van der Waals surface area contributed by atoms with E-state index in [0.29, 0.717) is 24.1 Å². The molecule has 10 nitrogen and oxygen atoms in total. The van der Waals surface area contributed by atoms with E-state index in [0.717, 1.165) is 31.2 Å². The summed E-state index contributed by atoms with van der Waals surface area (Å²) in [6.45, 7) is 0.533. The lowest BCUT2D eigenvalue weighted by molar-refractivity contribution is -0.271. The summed E-state index contributed by atoms with van der Waals surface area (Å²) in [5.74, 6) is -1.95. The molecule has 8 atom stereocenters. The SMILES string of the molecule is [2H]c1c([2H])c(O[C@@H]2OC(C(=O)O)[C@@H](O)C(O)C2O)c([2H])c2c1CC1C3CCCCC23CCN1C(=O)OCc1ccccc1. The first-order chi connectivity index (χ1) is 20.5. The van der Waals surface area contributed by atoms with Crippen LogP contribution in [0.1, 0.15) is 52.9 Å². The van der Waals surface area contributed by atoms with E-state index >= 15 is 0 Å². The first-order valence-corrected chi connectivity index (χ1v) is 13.7. The van der Waals surface area contributed by atoms with Crippen LogP contribution in [0.4, 0.5) is 4.79 Å². The van der Waals surface area contributed by atoms with Crippen LogP contribution < -0.4 is 4.74 Å². The van der Waals surface area contributed by atoms with Gasteiger partial charge < -0.3 is 39.5 Å². The fraction of sp³-hybridized carbons (Fsp3) is 0.533. The number of piperidine rings is 1. The zero-order valence-corrected chi connectivity index (χ0v) is 21.9. The number of hydrogen-bond acceptors (Lipinski definition) is 8. The van der Waals surface area contributed by atoms with Crippen LogP contribution in [0.2, 0.25) is 0 Å². The Balaban J connectivity index is 1.34. The van der Waals surface area contributed by atoms with E-state index in [-0.39, 0.29) is 42.8 Å². The highest BCUT2D eigenvalue weighted by Crippen LogP contribution is 2.56. The average molecular weight is 557 g/mol. The van der Waals surface area contributed by atoms with Crippen molar-refractivity contribution in [3.8, 4) is 5.75 Å². The molecular formula is C30H35NO9. The molecule has 2 aliphatic heterocycles. The summed E-state index contributed by atoms with van der Waals surface area (Å²) in [5, 5.41) is 40.2. The normalized spacial score (nSPS) is 35.8. The van der Waals surface area contributed by atoms with E-state index < -0.39 is 54.2 Å². The summed E-state index contributed by atoms with van der Waals surface area (Å²) in [6.07, 6.45) is -5.67. The Morgan fingerprint density at radius 2 is 1.88 bits per heavy atom. The number of nitrogens with zero attached hydrogens (tertiary/aromatic N) is 1. The molecule has 2 saturated heterocycles.